The van der Waals surface area contributed by atoms with E-state index in [-0.39, 0.29) is 5.97 Å². The second-order valence-electron chi connectivity index (χ2n) is 5.48. The first-order chi connectivity index (χ1) is 9.22. The van der Waals surface area contributed by atoms with Crippen molar-refractivity contribution in [1.29, 1.82) is 0 Å². The minimum absolute atomic E-state index is 0.0864. The second kappa shape index (κ2) is 9.32. The summed E-state index contributed by atoms with van der Waals surface area (Å²) in [6, 6.07) is 0.461. The molecule has 4 nitrogen and oxygen atoms in total. The van der Waals surface area contributed by atoms with Gasteiger partial charge in [-0.2, -0.15) is 0 Å². The van der Waals surface area contributed by atoms with E-state index in [0.29, 0.717) is 25.1 Å². The Balaban J connectivity index is 2.44. The van der Waals surface area contributed by atoms with Crippen LogP contribution in [0.5, 0.6) is 0 Å². The topological polar surface area (TPSA) is 55.6 Å². The number of hydrogen-bond acceptors (Lipinski definition) is 4. The van der Waals surface area contributed by atoms with E-state index in [0.717, 1.165) is 32.4 Å². The van der Waals surface area contributed by atoms with Crippen LogP contribution in [0.2, 0.25) is 0 Å². The zero-order valence-electron chi connectivity index (χ0n) is 12.6. The highest BCUT2D eigenvalue weighted by atomic mass is 16.5. The molecular weight excluding hydrogens is 240 g/mol. The van der Waals surface area contributed by atoms with Gasteiger partial charge in [0, 0.05) is 6.04 Å². The van der Waals surface area contributed by atoms with Gasteiger partial charge in [-0.05, 0) is 38.3 Å². The summed E-state index contributed by atoms with van der Waals surface area (Å²) in [4.78, 5) is 14.1. The van der Waals surface area contributed by atoms with E-state index in [1.807, 2.05) is 0 Å². The lowest BCUT2D eigenvalue weighted by Crippen LogP contribution is -2.47. The van der Waals surface area contributed by atoms with Crippen molar-refractivity contribution < 1.29 is 9.53 Å². The molecule has 2 atom stereocenters. The SMILES string of the molecule is CCCCOC(=O)CN(CC)C1CCCCC1CN. The molecule has 1 aliphatic rings. The van der Waals surface area contributed by atoms with Crippen LogP contribution in [0.25, 0.3) is 0 Å². The Morgan fingerprint density at radius 3 is 2.68 bits per heavy atom. The summed E-state index contributed by atoms with van der Waals surface area (Å²) in [7, 11) is 0. The van der Waals surface area contributed by atoms with Crippen LogP contribution in [-0.2, 0) is 9.53 Å². The van der Waals surface area contributed by atoms with E-state index >= 15 is 0 Å². The quantitative estimate of drug-likeness (QED) is 0.542. The maximum absolute atomic E-state index is 11.8. The molecule has 0 aromatic heterocycles. The van der Waals surface area contributed by atoms with Gasteiger partial charge in [0.15, 0.2) is 0 Å². The molecule has 0 amide bonds. The molecule has 1 fully saturated rings. The number of nitrogens with two attached hydrogens (primary N) is 1. The van der Waals surface area contributed by atoms with Crippen LogP contribution >= 0.6 is 0 Å². The smallest absolute Gasteiger partial charge is 0.320 e. The van der Waals surface area contributed by atoms with Gasteiger partial charge in [0.25, 0.3) is 0 Å². The highest BCUT2D eigenvalue weighted by molar-refractivity contribution is 5.71. The molecule has 19 heavy (non-hydrogen) atoms. The molecule has 1 aliphatic carbocycles. The molecule has 0 aromatic rings. The zero-order valence-corrected chi connectivity index (χ0v) is 12.6. The van der Waals surface area contributed by atoms with Crippen LogP contribution in [0.3, 0.4) is 0 Å². The van der Waals surface area contributed by atoms with E-state index in [2.05, 4.69) is 18.7 Å². The third kappa shape index (κ3) is 5.49. The Bertz CT molecular complexity index is 259. The van der Waals surface area contributed by atoms with Crippen LogP contribution < -0.4 is 5.73 Å². The lowest BCUT2D eigenvalue weighted by atomic mass is 9.83. The number of likely N-dealkylation sites (N-methyl/N-ethyl adjacent to an activating group) is 1. The minimum Gasteiger partial charge on any atom is -0.465 e. The summed E-state index contributed by atoms with van der Waals surface area (Å²) >= 11 is 0. The maximum Gasteiger partial charge on any atom is 0.320 e. The van der Waals surface area contributed by atoms with Crippen LogP contribution in [0, 0.1) is 5.92 Å². The summed E-state index contributed by atoms with van der Waals surface area (Å²) in [5.41, 5.74) is 5.87. The van der Waals surface area contributed by atoms with Crippen molar-refractivity contribution in [2.45, 2.75) is 58.4 Å². The summed E-state index contributed by atoms with van der Waals surface area (Å²) < 4.78 is 5.26. The Labute approximate surface area is 117 Å². The van der Waals surface area contributed by atoms with Gasteiger partial charge >= 0.3 is 5.97 Å². The molecule has 112 valence electrons. The summed E-state index contributed by atoms with van der Waals surface area (Å²) in [6.45, 7) is 6.80. The molecule has 1 rings (SSSR count). The van der Waals surface area contributed by atoms with Gasteiger partial charge in [0.05, 0.1) is 13.2 Å². The fraction of sp³-hybridized carbons (Fsp3) is 0.933. The number of hydrogen-bond donors (Lipinski definition) is 1. The Morgan fingerprint density at radius 2 is 2.05 bits per heavy atom. The molecule has 0 aromatic carbocycles. The number of nitrogens with zero attached hydrogens (tertiary/aromatic N) is 1. The van der Waals surface area contributed by atoms with Crippen LogP contribution in [0.4, 0.5) is 0 Å². The number of carbonyl (C=O) groups excluding carboxylic acids is 1. The van der Waals surface area contributed by atoms with E-state index in [1.165, 1.54) is 19.3 Å². The lowest BCUT2D eigenvalue weighted by Gasteiger charge is -2.38. The fourth-order valence-electron chi connectivity index (χ4n) is 2.95. The van der Waals surface area contributed by atoms with Gasteiger partial charge in [-0.1, -0.05) is 33.1 Å². The molecule has 0 bridgehead atoms. The number of ether oxygens (including phenoxy) is 1. The molecule has 2 N–H and O–H groups in total. The normalized spacial score (nSPS) is 23.6. The van der Waals surface area contributed by atoms with E-state index in [9.17, 15) is 4.79 Å². The highest BCUT2D eigenvalue weighted by Gasteiger charge is 2.29. The molecule has 0 aliphatic heterocycles. The van der Waals surface area contributed by atoms with Crippen molar-refractivity contribution in [3.05, 3.63) is 0 Å². The predicted octanol–water partition coefficient (Wildman–Crippen LogP) is 2.17. The summed E-state index contributed by atoms with van der Waals surface area (Å²) in [5.74, 6) is 0.453. The molecule has 0 saturated heterocycles. The first-order valence-electron chi connectivity index (χ1n) is 7.82. The van der Waals surface area contributed by atoms with Crippen molar-refractivity contribution in [2.24, 2.45) is 11.7 Å². The standard InChI is InChI=1S/C15H30N2O2/c1-3-5-10-19-15(18)12-17(4-2)14-9-7-6-8-13(14)11-16/h13-14H,3-12,16H2,1-2H3. The van der Waals surface area contributed by atoms with E-state index in [1.54, 1.807) is 0 Å². The average molecular weight is 270 g/mol. The van der Waals surface area contributed by atoms with Crippen LogP contribution in [-0.4, -0.2) is 43.2 Å². The Hall–Kier alpha value is -0.610. The largest absolute Gasteiger partial charge is 0.465 e. The van der Waals surface area contributed by atoms with E-state index < -0.39 is 0 Å². The van der Waals surface area contributed by atoms with Crippen molar-refractivity contribution >= 4 is 5.97 Å². The molecule has 2 unspecified atom stereocenters. The first kappa shape index (κ1) is 16.4. The highest BCUT2D eigenvalue weighted by Crippen LogP contribution is 2.27. The third-order valence-corrected chi connectivity index (χ3v) is 4.14. The van der Waals surface area contributed by atoms with Crippen LogP contribution in [0.15, 0.2) is 0 Å². The predicted molar refractivity (Wildman–Crippen MR) is 77.9 cm³/mol. The monoisotopic (exact) mass is 270 g/mol. The lowest BCUT2D eigenvalue weighted by molar-refractivity contribution is -0.146. The first-order valence-corrected chi connectivity index (χ1v) is 7.82. The van der Waals surface area contributed by atoms with Crippen molar-refractivity contribution in [3.63, 3.8) is 0 Å². The minimum atomic E-state index is -0.0864. The number of unbranched alkanes of at least 4 members (excludes halogenated alkanes) is 1. The number of carbonyl (C=O) groups is 1. The van der Waals surface area contributed by atoms with Crippen LogP contribution in [0.1, 0.15) is 52.4 Å². The van der Waals surface area contributed by atoms with Gasteiger partial charge in [-0.15, -0.1) is 0 Å². The Kier molecular flexibility index (Phi) is 8.07. The summed E-state index contributed by atoms with van der Waals surface area (Å²) in [5, 5.41) is 0. The molecule has 1 saturated carbocycles. The molecule has 4 heteroatoms. The molecular formula is C15H30N2O2. The van der Waals surface area contributed by atoms with Crippen molar-refractivity contribution in [2.75, 3.05) is 26.2 Å². The molecule has 0 spiro atoms. The van der Waals surface area contributed by atoms with Gasteiger partial charge < -0.3 is 10.5 Å². The zero-order chi connectivity index (χ0) is 14.1. The van der Waals surface area contributed by atoms with Gasteiger partial charge in [-0.3, -0.25) is 9.69 Å². The van der Waals surface area contributed by atoms with Gasteiger partial charge in [0.1, 0.15) is 0 Å². The van der Waals surface area contributed by atoms with Crippen molar-refractivity contribution in [1.82, 2.24) is 4.90 Å². The van der Waals surface area contributed by atoms with Gasteiger partial charge in [0.2, 0.25) is 0 Å². The number of rotatable bonds is 8. The van der Waals surface area contributed by atoms with Gasteiger partial charge in [-0.25, -0.2) is 0 Å². The molecule has 0 heterocycles. The molecule has 0 radical (unpaired) electrons. The van der Waals surface area contributed by atoms with E-state index in [4.69, 9.17) is 10.5 Å². The Morgan fingerprint density at radius 1 is 1.32 bits per heavy atom. The second-order valence-corrected chi connectivity index (χ2v) is 5.48. The third-order valence-electron chi connectivity index (χ3n) is 4.14. The summed E-state index contributed by atoms with van der Waals surface area (Å²) in [6.07, 6.45) is 6.90. The maximum atomic E-state index is 11.8. The fourth-order valence-corrected chi connectivity index (χ4v) is 2.95. The average Bonchev–Trinajstić information content (AvgIpc) is 2.45. The van der Waals surface area contributed by atoms with Crippen molar-refractivity contribution in [3.8, 4) is 0 Å². The number of esters is 1.